The average molecular weight is 345 g/mol. The standard InChI is InChI=1S/C16H18F2N2S.ClH/c1-11-2-3-13(17)14(15(11)18)16(12-4-9-21-10-12)20-7-5-19-6-8-20;/h2-4,9-10,16,19H,5-8H2,1H3;1H/t16-;/m1./s1. The van der Waals surface area contributed by atoms with Crippen LogP contribution in [0.1, 0.15) is 22.7 Å². The molecule has 1 aromatic heterocycles. The Bertz CT molecular complexity index is 613. The molecular weight excluding hydrogens is 326 g/mol. The number of rotatable bonds is 3. The SMILES string of the molecule is Cc1ccc(F)c([C@@H](c2ccsc2)N2CCNCC2)c1F.Cl. The zero-order valence-corrected chi connectivity index (χ0v) is 13.9. The van der Waals surface area contributed by atoms with Gasteiger partial charge in [0.25, 0.3) is 0 Å². The minimum absolute atomic E-state index is 0. The second-order valence-corrected chi connectivity index (χ2v) is 6.12. The van der Waals surface area contributed by atoms with E-state index in [1.165, 1.54) is 12.1 Å². The van der Waals surface area contributed by atoms with Gasteiger partial charge in [0.15, 0.2) is 0 Å². The van der Waals surface area contributed by atoms with Gasteiger partial charge in [-0.3, -0.25) is 4.90 Å². The molecule has 1 aliphatic rings. The smallest absolute Gasteiger partial charge is 0.134 e. The van der Waals surface area contributed by atoms with E-state index < -0.39 is 11.6 Å². The number of benzene rings is 1. The summed E-state index contributed by atoms with van der Waals surface area (Å²) >= 11 is 1.56. The average Bonchev–Trinajstić information content (AvgIpc) is 3.02. The largest absolute Gasteiger partial charge is 0.314 e. The van der Waals surface area contributed by atoms with E-state index in [1.807, 2.05) is 16.8 Å². The first-order valence-corrected chi connectivity index (χ1v) is 8.04. The third kappa shape index (κ3) is 3.33. The minimum atomic E-state index is -0.465. The van der Waals surface area contributed by atoms with Gasteiger partial charge < -0.3 is 5.32 Å². The number of nitrogens with zero attached hydrogens (tertiary/aromatic N) is 1. The van der Waals surface area contributed by atoms with Crippen LogP contribution in [0.25, 0.3) is 0 Å². The number of nitrogens with one attached hydrogen (secondary N) is 1. The number of piperazine rings is 1. The van der Waals surface area contributed by atoms with Crippen molar-refractivity contribution in [2.75, 3.05) is 26.2 Å². The molecule has 0 bridgehead atoms. The number of thiophene rings is 1. The Morgan fingerprint density at radius 3 is 2.55 bits per heavy atom. The van der Waals surface area contributed by atoms with Gasteiger partial charge in [-0.05, 0) is 40.9 Å². The Morgan fingerprint density at radius 1 is 1.18 bits per heavy atom. The number of aryl methyl sites for hydroxylation is 1. The van der Waals surface area contributed by atoms with Gasteiger partial charge in [0.1, 0.15) is 11.6 Å². The lowest BCUT2D eigenvalue weighted by Gasteiger charge is -2.35. The topological polar surface area (TPSA) is 15.3 Å². The molecule has 3 rings (SSSR count). The fourth-order valence-corrected chi connectivity index (χ4v) is 3.54. The van der Waals surface area contributed by atoms with Gasteiger partial charge in [0.2, 0.25) is 0 Å². The second-order valence-electron chi connectivity index (χ2n) is 5.34. The van der Waals surface area contributed by atoms with Crippen molar-refractivity contribution in [2.45, 2.75) is 13.0 Å². The quantitative estimate of drug-likeness (QED) is 0.912. The maximum atomic E-state index is 14.6. The molecule has 0 unspecified atom stereocenters. The summed E-state index contributed by atoms with van der Waals surface area (Å²) < 4.78 is 28.9. The van der Waals surface area contributed by atoms with Crippen molar-refractivity contribution in [1.29, 1.82) is 0 Å². The molecule has 22 heavy (non-hydrogen) atoms. The van der Waals surface area contributed by atoms with E-state index in [0.29, 0.717) is 5.56 Å². The molecular formula is C16H19ClF2N2S. The van der Waals surface area contributed by atoms with Crippen LogP contribution in [0.4, 0.5) is 8.78 Å². The number of hydrogen-bond donors (Lipinski definition) is 1. The third-order valence-electron chi connectivity index (χ3n) is 3.97. The van der Waals surface area contributed by atoms with Crippen molar-refractivity contribution >= 4 is 23.7 Å². The first-order chi connectivity index (χ1) is 10.2. The Morgan fingerprint density at radius 2 is 1.91 bits per heavy atom. The van der Waals surface area contributed by atoms with E-state index in [4.69, 9.17) is 0 Å². The summed E-state index contributed by atoms with van der Waals surface area (Å²) in [7, 11) is 0. The summed E-state index contributed by atoms with van der Waals surface area (Å²) in [6.45, 7) is 4.94. The molecule has 0 aliphatic carbocycles. The van der Waals surface area contributed by atoms with Gasteiger partial charge in [-0.15, -0.1) is 12.4 Å². The van der Waals surface area contributed by atoms with Crippen LogP contribution in [0.3, 0.4) is 0 Å². The molecule has 1 fully saturated rings. The van der Waals surface area contributed by atoms with Crippen LogP contribution in [0.5, 0.6) is 0 Å². The first-order valence-electron chi connectivity index (χ1n) is 7.10. The summed E-state index contributed by atoms with van der Waals surface area (Å²) in [5, 5.41) is 7.21. The lowest BCUT2D eigenvalue weighted by molar-refractivity contribution is 0.192. The van der Waals surface area contributed by atoms with Gasteiger partial charge in [-0.1, -0.05) is 6.07 Å². The Kier molecular flexibility index (Phi) is 5.92. The maximum absolute atomic E-state index is 14.6. The maximum Gasteiger partial charge on any atom is 0.134 e. The zero-order valence-electron chi connectivity index (χ0n) is 12.3. The lowest BCUT2D eigenvalue weighted by atomic mass is 9.96. The van der Waals surface area contributed by atoms with Gasteiger partial charge >= 0.3 is 0 Å². The highest BCUT2D eigenvalue weighted by Crippen LogP contribution is 2.34. The number of hydrogen-bond acceptors (Lipinski definition) is 3. The van der Waals surface area contributed by atoms with Gasteiger partial charge in [0.05, 0.1) is 6.04 Å². The van der Waals surface area contributed by atoms with Crippen LogP contribution in [-0.4, -0.2) is 31.1 Å². The summed E-state index contributed by atoms with van der Waals surface area (Å²) in [6, 6.07) is 4.48. The van der Waals surface area contributed by atoms with Crippen LogP contribution >= 0.6 is 23.7 Å². The van der Waals surface area contributed by atoms with Crippen LogP contribution in [0, 0.1) is 18.6 Å². The minimum Gasteiger partial charge on any atom is -0.314 e. The van der Waals surface area contributed by atoms with Crippen LogP contribution in [0.15, 0.2) is 29.0 Å². The van der Waals surface area contributed by atoms with E-state index >= 15 is 0 Å². The molecule has 1 aliphatic heterocycles. The predicted octanol–water partition coefficient (Wildman–Crippen LogP) is 3.75. The normalized spacial score (nSPS) is 17.0. The molecule has 0 amide bonds. The van der Waals surface area contributed by atoms with Crippen molar-refractivity contribution in [3.05, 3.63) is 57.3 Å². The summed E-state index contributed by atoms with van der Waals surface area (Å²) in [4.78, 5) is 2.15. The fraction of sp³-hybridized carbons (Fsp3) is 0.375. The molecule has 120 valence electrons. The van der Waals surface area contributed by atoms with E-state index in [0.717, 1.165) is 31.7 Å². The van der Waals surface area contributed by atoms with Crippen LogP contribution in [-0.2, 0) is 0 Å². The van der Waals surface area contributed by atoms with E-state index in [1.54, 1.807) is 18.3 Å². The molecule has 1 atom stereocenters. The highest BCUT2D eigenvalue weighted by molar-refractivity contribution is 7.08. The first kappa shape index (κ1) is 17.3. The van der Waals surface area contributed by atoms with E-state index in [-0.39, 0.29) is 24.0 Å². The Hall–Kier alpha value is -1.01. The monoisotopic (exact) mass is 344 g/mol. The van der Waals surface area contributed by atoms with Gasteiger partial charge in [-0.2, -0.15) is 11.3 Å². The highest BCUT2D eigenvalue weighted by atomic mass is 35.5. The molecule has 0 saturated carbocycles. The van der Waals surface area contributed by atoms with Crippen molar-refractivity contribution in [2.24, 2.45) is 0 Å². The summed E-state index contributed by atoms with van der Waals surface area (Å²) in [5.41, 5.74) is 1.63. The Labute approximate surface area is 139 Å². The van der Waals surface area contributed by atoms with Gasteiger partial charge in [-0.25, -0.2) is 8.78 Å². The molecule has 2 nitrogen and oxygen atoms in total. The molecule has 2 heterocycles. The van der Waals surface area contributed by atoms with E-state index in [9.17, 15) is 8.78 Å². The Balaban J connectivity index is 0.00000176. The fourth-order valence-electron chi connectivity index (χ4n) is 2.86. The third-order valence-corrected chi connectivity index (χ3v) is 4.67. The predicted molar refractivity (Wildman–Crippen MR) is 88.9 cm³/mol. The van der Waals surface area contributed by atoms with Crippen LogP contribution < -0.4 is 5.32 Å². The van der Waals surface area contributed by atoms with Crippen molar-refractivity contribution in [3.8, 4) is 0 Å². The summed E-state index contributed by atoms with van der Waals surface area (Å²) in [5.74, 6) is -0.891. The van der Waals surface area contributed by atoms with Gasteiger partial charge in [0, 0.05) is 31.7 Å². The van der Waals surface area contributed by atoms with E-state index in [2.05, 4.69) is 10.2 Å². The molecule has 1 saturated heterocycles. The molecule has 1 N–H and O–H groups in total. The molecule has 1 aromatic carbocycles. The number of halogens is 3. The molecule has 6 heteroatoms. The summed E-state index contributed by atoms with van der Waals surface area (Å²) in [6.07, 6.45) is 0. The van der Waals surface area contributed by atoms with Crippen LogP contribution in [0.2, 0.25) is 0 Å². The van der Waals surface area contributed by atoms with Crippen molar-refractivity contribution in [3.63, 3.8) is 0 Å². The zero-order chi connectivity index (χ0) is 14.8. The lowest BCUT2D eigenvalue weighted by Crippen LogP contribution is -2.45. The van der Waals surface area contributed by atoms with Crippen molar-refractivity contribution < 1.29 is 8.78 Å². The molecule has 0 radical (unpaired) electrons. The van der Waals surface area contributed by atoms with Crippen molar-refractivity contribution in [1.82, 2.24) is 10.2 Å². The second kappa shape index (κ2) is 7.51. The molecule has 2 aromatic rings. The highest BCUT2D eigenvalue weighted by Gasteiger charge is 2.29. The molecule has 0 spiro atoms.